The zero-order valence-electron chi connectivity index (χ0n) is 11.2. The largest absolute Gasteiger partial charge is 0.352 e. The molecule has 1 N–H and O–H groups in total. The molecule has 0 radical (unpaired) electrons. The first-order valence-corrected chi connectivity index (χ1v) is 7.18. The van der Waals surface area contributed by atoms with E-state index in [4.69, 9.17) is 11.6 Å². The maximum Gasteiger partial charge on any atom is 0.252 e. The van der Waals surface area contributed by atoms with Crippen LogP contribution < -0.4 is 5.32 Å². The van der Waals surface area contributed by atoms with Crippen molar-refractivity contribution in [3.63, 3.8) is 0 Å². The minimum atomic E-state index is -0.106. The van der Waals surface area contributed by atoms with Crippen molar-refractivity contribution in [3.05, 3.63) is 29.0 Å². The van der Waals surface area contributed by atoms with Crippen LogP contribution >= 0.6 is 11.6 Å². The number of nitrogens with zero attached hydrogens (tertiary/aromatic N) is 2. The summed E-state index contributed by atoms with van der Waals surface area (Å²) in [6.45, 7) is 6.30. The summed E-state index contributed by atoms with van der Waals surface area (Å²) in [5, 5.41) is 3.38. The van der Waals surface area contributed by atoms with E-state index < -0.39 is 0 Å². The smallest absolute Gasteiger partial charge is 0.252 e. The average molecular weight is 282 g/mol. The van der Waals surface area contributed by atoms with Gasteiger partial charge in [0.25, 0.3) is 5.91 Å². The Morgan fingerprint density at radius 2 is 2.26 bits per heavy atom. The van der Waals surface area contributed by atoms with E-state index in [9.17, 15) is 4.79 Å². The minimum absolute atomic E-state index is 0.106. The Bertz CT molecular complexity index is 430. The topological polar surface area (TPSA) is 45.2 Å². The Balaban J connectivity index is 1.80. The molecule has 4 nitrogen and oxygen atoms in total. The van der Waals surface area contributed by atoms with Crippen LogP contribution in [0.15, 0.2) is 18.5 Å². The highest BCUT2D eigenvalue weighted by Crippen LogP contribution is 2.17. The van der Waals surface area contributed by atoms with Gasteiger partial charge in [0.05, 0.1) is 10.6 Å². The van der Waals surface area contributed by atoms with Crippen molar-refractivity contribution in [2.75, 3.05) is 26.2 Å². The lowest BCUT2D eigenvalue weighted by molar-refractivity contribution is 0.0937. The molecule has 1 aromatic rings. The highest BCUT2D eigenvalue weighted by molar-refractivity contribution is 6.33. The van der Waals surface area contributed by atoms with Crippen LogP contribution in [0.1, 0.15) is 30.1 Å². The van der Waals surface area contributed by atoms with Gasteiger partial charge in [0.15, 0.2) is 0 Å². The molecule has 0 atom stereocenters. The van der Waals surface area contributed by atoms with Crippen LogP contribution in [0.2, 0.25) is 5.02 Å². The summed E-state index contributed by atoms with van der Waals surface area (Å²) in [5.41, 5.74) is 0.502. The number of carbonyl (C=O) groups excluding carboxylic acids is 1. The van der Waals surface area contributed by atoms with E-state index in [1.807, 2.05) is 0 Å². The lowest BCUT2D eigenvalue weighted by Gasteiger charge is -2.31. The molecule has 1 saturated heterocycles. The van der Waals surface area contributed by atoms with Gasteiger partial charge in [-0.15, -0.1) is 0 Å². The monoisotopic (exact) mass is 281 g/mol. The highest BCUT2D eigenvalue weighted by atomic mass is 35.5. The van der Waals surface area contributed by atoms with Crippen LogP contribution in [0.4, 0.5) is 0 Å². The summed E-state index contributed by atoms with van der Waals surface area (Å²) < 4.78 is 0. The maximum absolute atomic E-state index is 12.0. The van der Waals surface area contributed by atoms with E-state index in [0.29, 0.717) is 16.5 Å². The normalized spacial score (nSPS) is 17.4. The van der Waals surface area contributed by atoms with Gasteiger partial charge in [-0.3, -0.25) is 9.78 Å². The fraction of sp³-hybridized carbons (Fsp3) is 0.571. The van der Waals surface area contributed by atoms with Gasteiger partial charge in [0, 0.05) is 18.9 Å². The average Bonchev–Trinajstić information content (AvgIpc) is 2.46. The molecule has 1 aromatic heterocycles. The Hall–Kier alpha value is -1.13. The van der Waals surface area contributed by atoms with Gasteiger partial charge in [0.2, 0.25) is 0 Å². The molecule has 19 heavy (non-hydrogen) atoms. The van der Waals surface area contributed by atoms with Crippen LogP contribution in [-0.2, 0) is 0 Å². The van der Waals surface area contributed by atoms with Gasteiger partial charge < -0.3 is 10.2 Å². The maximum atomic E-state index is 12.0. The number of nitrogens with one attached hydrogen (secondary N) is 1. The number of pyridine rings is 1. The summed E-state index contributed by atoms with van der Waals surface area (Å²) in [7, 11) is 0. The number of likely N-dealkylation sites (tertiary alicyclic amines) is 1. The van der Waals surface area contributed by atoms with Crippen molar-refractivity contribution in [2.45, 2.75) is 19.8 Å². The number of hydrogen-bond donors (Lipinski definition) is 1. The molecular formula is C14H20ClN3O. The van der Waals surface area contributed by atoms with Crippen LogP contribution in [0.25, 0.3) is 0 Å². The molecule has 104 valence electrons. The molecular weight excluding hydrogens is 262 g/mol. The SMILES string of the molecule is CCN1CCC(CNC(=O)c2ccncc2Cl)CC1. The molecule has 0 aromatic carbocycles. The van der Waals surface area contributed by atoms with Crippen molar-refractivity contribution < 1.29 is 4.79 Å². The number of carbonyl (C=O) groups is 1. The molecule has 0 unspecified atom stereocenters. The van der Waals surface area contributed by atoms with Gasteiger partial charge in [-0.2, -0.15) is 0 Å². The van der Waals surface area contributed by atoms with Crippen LogP contribution in [0.3, 0.4) is 0 Å². The van der Waals surface area contributed by atoms with E-state index in [2.05, 4.69) is 22.1 Å². The van der Waals surface area contributed by atoms with Gasteiger partial charge in [-0.05, 0) is 44.5 Å². The Labute approximate surface area is 119 Å². The van der Waals surface area contributed by atoms with Crippen molar-refractivity contribution in [1.82, 2.24) is 15.2 Å². The molecule has 0 saturated carbocycles. The zero-order valence-corrected chi connectivity index (χ0v) is 12.0. The summed E-state index contributed by atoms with van der Waals surface area (Å²) in [6, 6.07) is 1.65. The third-order valence-corrected chi connectivity index (χ3v) is 4.02. The third-order valence-electron chi connectivity index (χ3n) is 3.72. The molecule has 1 aliphatic heterocycles. The van der Waals surface area contributed by atoms with Crippen LogP contribution in [0.5, 0.6) is 0 Å². The number of rotatable bonds is 4. The first-order chi connectivity index (χ1) is 9.20. The van der Waals surface area contributed by atoms with Gasteiger partial charge >= 0.3 is 0 Å². The van der Waals surface area contributed by atoms with E-state index in [-0.39, 0.29) is 5.91 Å². The fourth-order valence-corrected chi connectivity index (χ4v) is 2.60. The fourth-order valence-electron chi connectivity index (χ4n) is 2.40. The Morgan fingerprint density at radius 3 is 2.89 bits per heavy atom. The predicted molar refractivity (Wildman–Crippen MR) is 76.4 cm³/mol. The van der Waals surface area contributed by atoms with E-state index >= 15 is 0 Å². The lowest BCUT2D eigenvalue weighted by atomic mass is 9.97. The first-order valence-electron chi connectivity index (χ1n) is 6.80. The summed E-state index contributed by atoms with van der Waals surface area (Å²) in [4.78, 5) is 18.3. The molecule has 5 heteroatoms. The molecule has 1 fully saturated rings. The molecule has 2 rings (SSSR count). The molecule has 1 aliphatic rings. The molecule has 2 heterocycles. The van der Waals surface area contributed by atoms with Crippen molar-refractivity contribution in [2.24, 2.45) is 5.92 Å². The molecule has 0 aliphatic carbocycles. The van der Waals surface area contributed by atoms with Crippen LogP contribution in [0, 0.1) is 5.92 Å². The second kappa shape index (κ2) is 6.87. The summed E-state index contributed by atoms with van der Waals surface area (Å²) in [5.74, 6) is 0.470. The van der Waals surface area contributed by atoms with E-state index in [1.165, 1.54) is 6.20 Å². The number of amides is 1. The minimum Gasteiger partial charge on any atom is -0.352 e. The number of piperidine rings is 1. The van der Waals surface area contributed by atoms with Gasteiger partial charge in [0.1, 0.15) is 0 Å². The number of aromatic nitrogens is 1. The highest BCUT2D eigenvalue weighted by Gasteiger charge is 2.19. The Morgan fingerprint density at radius 1 is 1.53 bits per heavy atom. The van der Waals surface area contributed by atoms with Crippen molar-refractivity contribution >= 4 is 17.5 Å². The number of halogens is 1. The second-order valence-electron chi connectivity index (χ2n) is 4.94. The lowest BCUT2D eigenvalue weighted by Crippen LogP contribution is -2.38. The molecule has 0 spiro atoms. The summed E-state index contributed by atoms with van der Waals surface area (Å²) >= 11 is 5.95. The predicted octanol–water partition coefficient (Wildman–Crippen LogP) is 2.20. The molecule has 0 bridgehead atoms. The zero-order chi connectivity index (χ0) is 13.7. The van der Waals surface area contributed by atoms with Crippen molar-refractivity contribution in [1.29, 1.82) is 0 Å². The second-order valence-corrected chi connectivity index (χ2v) is 5.35. The summed E-state index contributed by atoms with van der Waals surface area (Å²) in [6.07, 6.45) is 5.38. The quantitative estimate of drug-likeness (QED) is 0.920. The number of hydrogen-bond acceptors (Lipinski definition) is 3. The van der Waals surface area contributed by atoms with Gasteiger partial charge in [-0.25, -0.2) is 0 Å². The van der Waals surface area contributed by atoms with Crippen molar-refractivity contribution in [3.8, 4) is 0 Å². The first kappa shape index (κ1) is 14.3. The molecule has 1 amide bonds. The van der Waals surface area contributed by atoms with Gasteiger partial charge in [-0.1, -0.05) is 18.5 Å². The Kier molecular flexibility index (Phi) is 5.16. The van der Waals surface area contributed by atoms with E-state index in [0.717, 1.165) is 39.0 Å². The third kappa shape index (κ3) is 3.91. The standard InChI is InChI=1S/C14H20ClN3O/c1-2-18-7-4-11(5-8-18)9-17-14(19)12-3-6-16-10-13(12)15/h3,6,10-11H,2,4-5,7-9H2,1H3,(H,17,19). The van der Waals surface area contributed by atoms with E-state index in [1.54, 1.807) is 12.3 Å². The van der Waals surface area contributed by atoms with Crippen LogP contribution in [-0.4, -0.2) is 42.0 Å².